The lowest BCUT2D eigenvalue weighted by molar-refractivity contribution is -0.138. The van der Waals surface area contributed by atoms with Crippen molar-refractivity contribution in [2.75, 3.05) is 0 Å². The quantitative estimate of drug-likeness (QED) is 0.559. The zero-order chi connectivity index (χ0) is 21.4. The van der Waals surface area contributed by atoms with Gasteiger partial charge < -0.3 is 14.0 Å². The van der Waals surface area contributed by atoms with Crippen molar-refractivity contribution in [3.05, 3.63) is 65.2 Å². The minimum atomic E-state index is -4.74. The highest BCUT2D eigenvalue weighted by molar-refractivity contribution is 6.62. The van der Waals surface area contributed by atoms with E-state index in [1.807, 2.05) is 27.7 Å². The molecule has 0 N–H and O–H groups in total. The second-order valence-corrected chi connectivity index (χ2v) is 7.95. The smallest absolute Gasteiger partial charge is 0.457 e. The molecular weight excluding hydrogens is 384 g/mol. The molecule has 0 amide bonds. The number of hydrogen-bond acceptors (Lipinski definition) is 4. The Hall–Kier alpha value is -2.32. The van der Waals surface area contributed by atoms with Crippen molar-refractivity contribution in [3.8, 4) is 0 Å². The number of ether oxygens (including phenoxy) is 1. The van der Waals surface area contributed by atoms with Crippen LogP contribution in [0.4, 0.5) is 13.2 Å². The van der Waals surface area contributed by atoms with Gasteiger partial charge in [0, 0.05) is 0 Å². The molecule has 154 valence electrons. The fraction of sp³-hybridized carbons (Fsp3) is 0.381. The van der Waals surface area contributed by atoms with Crippen LogP contribution in [0.5, 0.6) is 0 Å². The van der Waals surface area contributed by atoms with Gasteiger partial charge in [-0.3, -0.25) is 0 Å². The molecule has 0 radical (unpaired) electrons. The molecule has 4 nitrogen and oxygen atoms in total. The molecule has 1 aliphatic heterocycles. The molecule has 0 aromatic heterocycles. The molecule has 0 aliphatic carbocycles. The Kier molecular flexibility index (Phi) is 5.53. The Morgan fingerprint density at radius 1 is 1.00 bits per heavy atom. The van der Waals surface area contributed by atoms with Crippen LogP contribution in [0.25, 0.3) is 0 Å². The Labute approximate surface area is 168 Å². The number of carbonyl (C=O) groups excluding carboxylic acids is 1. The van der Waals surface area contributed by atoms with Gasteiger partial charge in [0.05, 0.1) is 22.3 Å². The Bertz CT molecular complexity index is 879. The van der Waals surface area contributed by atoms with E-state index in [1.54, 1.807) is 30.3 Å². The van der Waals surface area contributed by atoms with Gasteiger partial charge in [-0.25, -0.2) is 4.79 Å². The summed E-state index contributed by atoms with van der Waals surface area (Å²) in [4.78, 5) is 12.3. The summed E-state index contributed by atoms with van der Waals surface area (Å²) in [5.74, 6) is -1.04. The van der Waals surface area contributed by atoms with Gasteiger partial charge in [0.1, 0.15) is 6.61 Å². The lowest BCUT2D eigenvalue weighted by Gasteiger charge is -2.32. The molecule has 8 heteroatoms. The van der Waals surface area contributed by atoms with E-state index in [0.29, 0.717) is 5.56 Å². The minimum Gasteiger partial charge on any atom is -0.457 e. The van der Waals surface area contributed by atoms with Crippen molar-refractivity contribution in [1.29, 1.82) is 0 Å². The molecule has 0 unspecified atom stereocenters. The molecule has 1 fully saturated rings. The third-order valence-corrected chi connectivity index (χ3v) is 5.31. The average Bonchev–Trinajstić information content (AvgIpc) is 2.87. The number of halogens is 3. The third kappa shape index (κ3) is 4.48. The first-order valence-corrected chi connectivity index (χ1v) is 9.18. The highest BCUT2D eigenvalue weighted by Crippen LogP contribution is 2.37. The van der Waals surface area contributed by atoms with Gasteiger partial charge in [0.15, 0.2) is 0 Å². The molecule has 29 heavy (non-hydrogen) atoms. The summed E-state index contributed by atoms with van der Waals surface area (Å²) < 4.78 is 57.7. The monoisotopic (exact) mass is 406 g/mol. The Morgan fingerprint density at radius 2 is 1.59 bits per heavy atom. The van der Waals surface area contributed by atoms with Crippen molar-refractivity contribution >= 4 is 18.6 Å². The Balaban J connectivity index is 1.86. The molecule has 1 saturated heterocycles. The van der Waals surface area contributed by atoms with Crippen LogP contribution in [-0.4, -0.2) is 24.3 Å². The van der Waals surface area contributed by atoms with Crippen LogP contribution < -0.4 is 5.46 Å². The number of esters is 1. The number of hydrogen-bond donors (Lipinski definition) is 0. The Morgan fingerprint density at radius 3 is 2.14 bits per heavy atom. The summed E-state index contributed by atoms with van der Waals surface area (Å²) >= 11 is 0. The standard InChI is InChI=1S/C21H22BF3O4/c1-19(2)20(3,4)29-22(28-19)15-10-11-16(17(12-15)21(23,24)25)18(26)27-13-14-8-6-5-7-9-14/h5-12H,13H2,1-4H3. The highest BCUT2D eigenvalue weighted by Gasteiger charge is 2.52. The predicted octanol–water partition coefficient (Wildman–Crippen LogP) is 4.36. The number of carbonyl (C=O) groups is 1. The van der Waals surface area contributed by atoms with Gasteiger partial charge >= 0.3 is 19.3 Å². The highest BCUT2D eigenvalue weighted by atomic mass is 19.4. The summed E-state index contributed by atoms with van der Waals surface area (Å²) in [5, 5.41) is 0. The van der Waals surface area contributed by atoms with Crippen molar-refractivity contribution < 1.29 is 32.0 Å². The summed E-state index contributed by atoms with van der Waals surface area (Å²) in [6.45, 7) is 7.13. The van der Waals surface area contributed by atoms with Gasteiger partial charge in [0.2, 0.25) is 0 Å². The normalized spacial score (nSPS) is 18.0. The van der Waals surface area contributed by atoms with Gasteiger partial charge in [-0.05, 0) is 50.9 Å². The van der Waals surface area contributed by atoms with Crippen LogP contribution in [0.3, 0.4) is 0 Å². The van der Waals surface area contributed by atoms with Crippen LogP contribution in [0, 0.1) is 0 Å². The number of rotatable bonds is 4. The van der Waals surface area contributed by atoms with E-state index in [1.165, 1.54) is 6.07 Å². The lowest BCUT2D eigenvalue weighted by Crippen LogP contribution is -2.41. The fourth-order valence-electron chi connectivity index (χ4n) is 2.90. The van der Waals surface area contributed by atoms with Crippen LogP contribution in [0.2, 0.25) is 0 Å². The zero-order valence-corrected chi connectivity index (χ0v) is 16.7. The maximum Gasteiger partial charge on any atom is 0.494 e. The average molecular weight is 406 g/mol. The SMILES string of the molecule is CC1(C)OB(c2ccc(C(=O)OCc3ccccc3)c(C(F)(F)F)c2)OC1(C)C. The zero-order valence-electron chi connectivity index (χ0n) is 16.7. The first-order valence-electron chi connectivity index (χ1n) is 9.18. The van der Waals surface area contributed by atoms with Crippen molar-refractivity contribution in [2.24, 2.45) is 0 Å². The largest absolute Gasteiger partial charge is 0.494 e. The van der Waals surface area contributed by atoms with E-state index in [0.717, 1.165) is 12.1 Å². The predicted molar refractivity (Wildman–Crippen MR) is 103 cm³/mol. The molecule has 2 aromatic rings. The molecule has 0 bridgehead atoms. The second kappa shape index (κ2) is 7.50. The maximum atomic E-state index is 13.7. The van der Waals surface area contributed by atoms with Crippen molar-refractivity contribution in [3.63, 3.8) is 0 Å². The first kappa shape index (κ1) is 21.4. The molecule has 1 aliphatic rings. The maximum absolute atomic E-state index is 13.7. The van der Waals surface area contributed by atoms with Gasteiger partial charge in [-0.2, -0.15) is 13.2 Å². The number of benzene rings is 2. The summed E-state index contributed by atoms with van der Waals surface area (Å²) in [6, 6.07) is 12.1. The molecule has 1 heterocycles. The molecule has 2 aromatic carbocycles. The van der Waals surface area contributed by atoms with Crippen LogP contribution in [0.15, 0.2) is 48.5 Å². The van der Waals surface area contributed by atoms with E-state index in [2.05, 4.69) is 0 Å². The number of alkyl halides is 3. The van der Waals surface area contributed by atoms with E-state index in [4.69, 9.17) is 14.0 Å². The summed E-state index contributed by atoms with van der Waals surface area (Å²) in [6.07, 6.45) is -4.74. The van der Waals surface area contributed by atoms with E-state index in [-0.39, 0.29) is 12.1 Å². The van der Waals surface area contributed by atoms with Gasteiger partial charge in [-0.15, -0.1) is 0 Å². The van der Waals surface area contributed by atoms with E-state index in [9.17, 15) is 18.0 Å². The van der Waals surface area contributed by atoms with Crippen molar-refractivity contribution in [1.82, 2.24) is 0 Å². The summed E-state index contributed by atoms with van der Waals surface area (Å²) in [5.41, 5.74) is -2.14. The molecule has 0 saturated carbocycles. The minimum absolute atomic E-state index is 0.115. The molecule has 0 atom stereocenters. The second-order valence-electron chi connectivity index (χ2n) is 7.95. The van der Waals surface area contributed by atoms with E-state index >= 15 is 0 Å². The molecule has 3 rings (SSSR count). The topological polar surface area (TPSA) is 44.8 Å². The van der Waals surface area contributed by atoms with Crippen LogP contribution in [-0.2, 0) is 26.8 Å². The molecular formula is C21H22BF3O4. The third-order valence-electron chi connectivity index (χ3n) is 5.31. The first-order chi connectivity index (χ1) is 13.4. The molecule has 0 spiro atoms. The lowest BCUT2D eigenvalue weighted by atomic mass is 9.77. The van der Waals surface area contributed by atoms with Crippen LogP contribution in [0.1, 0.15) is 49.2 Å². The van der Waals surface area contributed by atoms with Crippen molar-refractivity contribution in [2.45, 2.75) is 51.7 Å². The van der Waals surface area contributed by atoms with Gasteiger partial charge in [0.25, 0.3) is 0 Å². The van der Waals surface area contributed by atoms with E-state index < -0.39 is 41.6 Å². The fourth-order valence-corrected chi connectivity index (χ4v) is 2.90. The van der Waals surface area contributed by atoms with Crippen LogP contribution >= 0.6 is 0 Å². The van der Waals surface area contributed by atoms with Gasteiger partial charge in [-0.1, -0.05) is 36.4 Å². The summed E-state index contributed by atoms with van der Waals surface area (Å²) in [7, 11) is -0.963.